The fourth-order valence-electron chi connectivity index (χ4n) is 3.60. The molecule has 2 amide bonds. The predicted molar refractivity (Wildman–Crippen MR) is 97.5 cm³/mol. The predicted octanol–water partition coefficient (Wildman–Crippen LogP) is 2.47. The lowest BCUT2D eigenvalue weighted by atomic mass is 10.1. The number of aryl methyl sites for hydroxylation is 1. The molecule has 0 saturated carbocycles. The fourth-order valence-corrected chi connectivity index (χ4v) is 3.60. The summed E-state index contributed by atoms with van der Waals surface area (Å²) in [5.74, 6) is -0.879. The second-order valence-electron chi connectivity index (χ2n) is 6.90. The Morgan fingerprint density at radius 3 is 2.67 bits per heavy atom. The summed E-state index contributed by atoms with van der Waals surface area (Å²) in [6.45, 7) is 2.39. The van der Waals surface area contributed by atoms with Crippen molar-refractivity contribution in [2.24, 2.45) is 0 Å². The van der Waals surface area contributed by atoms with Gasteiger partial charge in [0.15, 0.2) is 0 Å². The molecule has 2 aromatic rings. The number of amides is 2. The van der Waals surface area contributed by atoms with E-state index in [1.807, 2.05) is 31.2 Å². The lowest BCUT2D eigenvalue weighted by Gasteiger charge is -2.29. The number of nitrogens with one attached hydrogen (secondary N) is 1. The number of fused-ring (bicyclic) bond motifs is 1. The van der Waals surface area contributed by atoms with Crippen LogP contribution in [0.5, 0.6) is 0 Å². The van der Waals surface area contributed by atoms with Crippen molar-refractivity contribution >= 4 is 17.8 Å². The third-order valence-electron chi connectivity index (χ3n) is 5.06. The van der Waals surface area contributed by atoms with E-state index in [0.29, 0.717) is 24.1 Å². The Morgan fingerprint density at radius 2 is 1.89 bits per heavy atom. The quantitative estimate of drug-likeness (QED) is 0.846. The Kier molecular flexibility index (Phi) is 4.39. The van der Waals surface area contributed by atoms with Gasteiger partial charge in [-0.15, -0.1) is 0 Å². The van der Waals surface area contributed by atoms with Crippen molar-refractivity contribution in [3.05, 3.63) is 70.8 Å². The molecule has 2 heterocycles. The van der Waals surface area contributed by atoms with E-state index in [4.69, 9.17) is 4.74 Å². The molecular weight excluding hydrogens is 344 g/mol. The number of esters is 1. The van der Waals surface area contributed by atoms with Crippen LogP contribution in [0.4, 0.5) is 0 Å². The lowest BCUT2D eigenvalue weighted by molar-refractivity contribution is -0.145. The molecule has 138 valence electrons. The van der Waals surface area contributed by atoms with E-state index in [-0.39, 0.29) is 18.2 Å². The van der Waals surface area contributed by atoms with Crippen molar-refractivity contribution < 1.29 is 19.1 Å². The van der Waals surface area contributed by atoms with Crippen molar-refractivity contribution in [2.45, 2.75) is 38.6 Å². The number of ether oxygens (including phenoxy) is 1. The van der Waals surface area contributed by atoms with Crippen LogP contribution in [0, 0.1) is 6.92 Å². The van der Waals surface area contributed by atoms with Crippen LogP contribution in [-0.2, 0) is 20.9 Å². The summed E-state index contributed by atoms with van der Waals surface area (Å²) in [5, 5.41) is 2.90. The van der Waals surface area contributed by atoms with Gasteiger partial charge < -0.3 is 10.1 Å². The molecule has 2 atom stereocenters. The molecule has 2 aliphatic rings. The van der Waals surface area contributed by atoms with Gasteiger partial charge in [0.25, 0.3) is 0 Å². The Morgan fingerprint density at radius 1 is 1.15 bits per heavy atom. The third-order valence-corrected chi connectivity index (χ3v) is 5.06. The molecule has 0 unspecified atom stereocenters. The van der Waals surface area contributed by atoms with Crippen molar-refractivity contribution in [1.82, 2.24) is 10.2 Å². The molecule has 2 aliphatic heterocycles. The minimum atomic E-state index is -0.834. The maximum absolute atomic E-state index is 12.7. The zero-order chi connectivity index (χ0) is 19.0. The van der Waals surface area contributed by atoms with Crippen molar-refractivity contribution in [1.29, 1.82) is 0 Å². The van der Waals surface area contributed by atoms with Crippen LogP contribution in [0.1, 0.15) is 46.1 Å². The van der Waals surface area contributed by atoms with Gasteiger partial charge in [-0.3, -0.25) is 14.5 Å². The van der Waals surface area contributed by atoms with Gasteiger partial charge in [0.05, 0.1) is 5.56 Å². The highest BCUT2D eigenvalue weighted by Crippen LogP contribution is 2.38. The number of cyclic esters (lactones) is 1. The summed E-state index contributed by atoms with van der Waals surface area (Å²) in [4.78, 5) is 38.7. The molecule has 4 rings (SSSR count). The van der Waals surface area contributed by atoms with Crippen molar-refractivity contribution in [3.8, 4) is 0 Å². The summed E-state index contributed by atoms with van der Waals surface area (Å²) < 4.78 is 5.43. The van der Waals surface area contributed by atoms with Gasteiger partial charge in [-0.2, -0.15) is 0 Å². The van der Waals surface area contributed by atoms with Gasteiger partial charge in [0.2, 0.25) is 18.0 Å². The highest BCUT2D eigenvalue weighted by Gasteiger charge is 2.46. The zero-order valence-corrected chi connectivity index (χ0v) is 15.0. The first-order valence-corrected chi connectivity index (χ1v) is 8.99. The normalized spacial score (nSPS) is 21.1. The van der Waals surface area contributed by atoms with E-state index >= 15 is 0 Å². The van der Waals surface area contributed by atoms with E-state index < -0.39 is 18.2 Å². The average Bonchev–Trinajstić information content (AvgIpc) is 3.21. The molecule has 0 spiro atoms. The minimum absolute atomic E-state index is 0.181. The first-order valence-electron chi connectivity index (χ1n) is 8.99. The second-order valence-corrected chi connectivity index (χ2v) is 6.90. The molecule has 0 aromatic heterocycles. The standard InChI is InChI=1S/C21H20N2O4/c1-13-6-8-14(9-7-13)12-22-19(25)17-10-11-18(24)23(17)20-15-4-2-3-5-16(15)21(26)27-20/h2-9,17,20H,10-12H2,1H3,(H,22,25)/t17-,20+/m1/s1. The lowest BCUT2D eigenvalue weighted by Crippen LogP contribution is -2.46. The van der Waals surface area contributed by atoms with Crippen LogP contribution < -0.4 is 5.32 Å². The smallest absolute Gasteiger partial charge is 0.340 e. The third kappa shape index (κ3) is 3.18. The molecule has 0 radical (unpaired) electrons. The van der Waals surface area contributed by atoms with Gasteiger partial charge >= 0.3 is 5.97 Å². The molecular formula is C21H20N2O4. The van der Waals surface area contributed by atoms with Gasteiger partial charge in [-0.1, -0.05) is 48.0 Å². The number of hydrogen-bond donors (Lipinski definition) is 1. The van der Waals surface area contributed by atoms with E-state index in [1.54, 1.807) is 24.3 Å². The van der Waals surface area contributed by atoms with E-state index in [2.05, 4.69) is 5.32 Å². The minimum Gasteiger partial charge on any atom is -0.433 e. The molecule has 0 bridgehead atoms. The van der Waals surface area contributed by atoms with Gasteiger partial charge in [0, 0.05) is 18.5 Å². The first-order chi connectivity index (χ1) is 13.0. The van der Waals surface area contributed by atoms with E-state index in [1.165, 1.54) is 4.90 Å². The first kappa shape index (κ1) is 17.3. The van der Waals surface area contributed by atoms with Gasteiger partial charge in [0.1, 0.15) is 6.04 Å². The van der Waals surface area contributed by atoms with Crippen molar-refractivity contribution in [3.63, 3.8) is 0 Å². The molecule has 6 nitrogen and oxygen atoms in total. The topological polar surface area (TPSA) is 75.7 Å². The summed E-state index contributed by atoms with van der Waals surface area (Å²) in [6, 6.07) is 14.2. The zero-order valence-electron chi connectivity index (χ0n) is 15.0. The number of hydrogen-bond acceptors (Lipinski definition) is 4. The largest absolute Gasteiger partial charge is 0.433 e. The summed E-state index contributed by atoms with van der Waals surface area (Å²) >= 11 is 0. The molecule has 0 aliphatic carbocycles. The van der Waals surface area contributed by atoms with Gasteiger partial charge in [-0.25, -0.2) is 4.79 Å². The Labute approximate surface area is 157 Å². The van der Waals surface area contributed by atoms with Crippen LogP contribution in [-0.4, -0.2) is 28.7 Å². The van der Waals surface area contributed by atoms with Gasteiger partial charge in [-0.05, 0) is 25.0 Å². The maximum atomic E-state index is 12.7. The molecule has 1 fully saturated rings. The van der Waals surface area contributed by atoms with Crippen LogP contribution in [0.3, 0.4) is 0 Å². The highest BCUT2D eigenvalue weighted by atomic mass is 16.6. The maximum Gasteiger partial charge on any atom is 0.340 e. The monoisotopic (exact) mass is 364 g/mol. The molecule has 1 saturated heterocycles. The van der Waals surface area contributed by atoms with Crippen LogP contribution >= 0.6 is 0 Å². The molecule has 1 N–H and O–H groups in total. The fraction of sp³-hybridized carbons (Fsp3) is 0.286. The number of nitrogens with zero attached hydrogens (tertiary/aromatic N) is 1. The molecule has 27 heavy (non-hydrogen) atoms. The number of carbonyl (C=O) groups is 3. The van der Waals surface area contributed by atoms with Crippen LogP contribution in [0.25, 0.3) is 0 Å². The second kappa shape index (κ2) is 6.87. The Balaban J connectivity index is 1.51. The Bertz CT molecular complexity index is 907. The number of carbonyl (C=O) groups excluding carboxylic acids is 3. The summed E-state index contributed by atoms with van der Waals surface area (Å²) in [7, 11) is 0. The average molecular weight is 364 g/mol. The van der Waals surface area contributed by atoms with E-state index in [9.17, 15) is 14.4 Å². The number of likely N-dealkylation sites (tertiary alicyclic amines) is 1. The summed E-state index contributed by atoms with van der Waals surface area (Å²) in [6.07, 6.45) is -0.160. The molecule has 2 aromatic carbocycles. The number of rotatable bonds is 4. The summed E-state index contributed by atoms with van der Waals surface area (Å²) in [5.41, 5.74) is 3.22. The number of benzene rings is 2. The van der Waals surface area contributed by atoms with Crippen LogP contribution in [0.2, 0.25) is 0 Å². The SMILES string of the molecule is Cc1ccc(CNC(=O)[C@H]2CCC(=O)N2[C@H]2OC(=O)c3ccccc32)cc1. The van der Waals surface area contributed by atoms with Crippen LogP contribution in [0.15, 0.2) is 48.5 Å². The Hall–Kier alpha value is -3.15. The van der Waals surface area contributed by atoms with E-state index in [0.717, 1.165) is 11.1 Å². The molecule has 6 heteroatoms. The highest BCUT2D eigenvalue weighted by molar-refractivity contribution is 5.96. The van der Waals surface area contributed by atoms with Crippen molar-refractivity contribution in [2.75, 3.05) is 0 Å².